The molecule has 15 heteroatoms. The van der Waals surface area contributed by atoms with Crippen LogP contribution in [-0.2, 0) is 10.8 Å². The number of hydrogen-bond donors (Lipinski definition) is 5. The lowest BCUT2D eigenvalue weighted by atomic mass is 9.92. The van der Waals surface area contributed by atoms with Gasteiger partial charge in [-0.05, 0) is 23.7 Å². The van der Waals surface area contributed by atoms with Gasteiger partial charge in [-0.25, -0.2) is 15.0 Å². The highest BCUT2D eigenvalue weighted by Crippen LogP contribution is 2.40. The van der Waals surface area contributed by atoms with E-state index in [9.17, 15) is 0 Å². The fourth-order valence-corrected chi connectivity index (χ4v) is 4.13. The third kappa shape index (κ3) is 8.97. The van der Waals surface area contributed by atoms with E-state index in [0.717, 1.165) is 11.4 Å². The number of hydrogen-bond acceptors (Lipinski definition) is 12. The molecule has 1 aromatic carbocycles. The predicted octanol–water partition coefficient (Wildman–Crippen LogP) is 6.90. The number of benzene rings is 1. The summed E-state index contributed by atoms with van der Waals surface area (Å²) in [6, 6.07) is 11.0. The summed E-state index contributed by atoms with van der Waals surface area (Å²) in [6.07, 6.45) is 3.25. The van der Waals surface area contributed by atoms with E-state index in [1.807, 2.05) is 12.1 Å². The van der Waals surface area contributed by atoms with Gasteiger partial charge in [0.15, 0.2) is 23.1 Å². The zero-order valence-electron chi connectivity index (χ0n) is 27.4. The van der Waals surface area contributed by atoms with Crippen LogP contribution >= 0.6 is 11.6 Å². The lowest BCUT2D eigenvalue weighted by Crippen LogP contribution is -2.11. The molecule has 5 aromatic rings. The Kier molecular flexibility index (Phi) is 10.5. The minimum absolute atomic E-state index is 0.0161. The third-order valence-corrected chi connectivity index (χ3v) is 6.67. The highest BCUT2D eigenvalue weighted by molar-refractivity contribution is 6.28. The second-order valence-corrected chi connectivity index (χ2v) is 12.4. The van der Waals surface area contributed by atoms with Gasteiger partial charge in [-0.15, -0.1) is 0 Å². The second kappa shape index (κ2) is 14.3. The number of nitrogens with one attached hydrogen (secondary N) is 5. The molecule has 0 unspecified atom stereocenters. The molecule has 0 saturated carbocycles. The fraction of sp³-hybridized carbons (Fsp3) is 0.355. The molecule has 0 aliphatic rings. The Balaban J connectivity index is 0.000000240. The van der Waals surface area contributed by atoms with Crippen LogP contribution in [0.25, 0.3) is 0 Å². The molecule has 46 heavy (non-hydrogen) atoms. The molecule has 244 valence electrons. The lowest BCUT2D eigenvalue weighted by Gasteiger charge is -2.15. The summed E-state index contributed by atoms with van der Waals surface area (Å²) < 4.78 is 16.1. The van der Waals surface area contributed by atoms with Crippen molar-refractivity contribution >= 4 is 46.5 Å². The summed E-state index contributed by atoms with van der Waals surface area (Å²) in [6.45, 7) is 12.7. The van der Waals surface area contributed by atoms with E-state index in [0.29, 0.717) is 52.2 Å². The Morgan fingerprint density at radius 2 is 1.13 bits per heavy atom. The van der Waals surface area contributed by atoms with Crippen LogP contribution < -0.4 is 30.2 Å². The Labute approximate surface area is 273 Å². The van der Waals surface area contributed by atoms with E-state index >= 15 is 0 Å². The number of methoxy groups -OCH3 is 3. The van der Waals surface area contributed by atoms with Gasteiger partial charge >= 0.3 is 0 Å². The molecule has 0 atom stereocenters. The summed E-state index contributed by atoms with van der Waals surface area (Å²) >= 11 is 5.70. The molecule has 0 radical (unpaired) electrons. The van der Waals surface area contributed by atoms with Crippen molar-refractivity contribution in [2.75, 3.05) is 37.3 Å². The Morgan fingerprint density at radius 3 is 1.57 bits per heavy atom. The van der Waals surface area contributed by atoms with Gasteiger partial charge in [0.25, 0.3) is 0 Å². The molecule has 0 spiro atoms. The summed E-state index contributed by atoms with van der Waals surface area (Å²) in [4.78, 5) is 16.6. The molecular formula is C31H40ClN11O3. The van der Waals surface area contributed by atoms with Crippen molar-refractivity contribution in [1.29, 1.82) is 0 Å². The molecule has 4 heterocycles. The predicted molar refractivity (Wildman–Crippen MR) is 180 cm³/mol. The van der Waals surface area contributed by atoms with Gasteiger partial charge in [0.2, 0.25) is 17.0 Å². The van der Waals surface area contributed by atoms with Gasteiger partial charge in [0, 0.05) is 64.6 Å². The van der Waals surface area contributed by atoms with Crippen molar-refractivity contribution in [2.45, 2.75) is 52.4 Å². The molecule has 0 saturated heterocycles. The third-order valence-electron chi connectivity index (χ3n) is 6.49. The van der Waals surface area contributed by atoms with Gasteiger partial charge in [0.05, 0.1) is 21.3 Å². The lowest BCUT2D eigenvalue weighted by molar-refractivity contribution is 0.324. The number of ether oxygens (including phenoxy) is 3. The molecular weight excluding hydrogens is 610 g/mol. The number of aromatic nitrogens is 8. The quantitative estimate of drug-likeness (QED) is 0.105. The number of rotatable bonds is 9. The smallest absolute Gasteiger partial charge is 0.229 e. The largest absolute Gasteiger partial charge is 0.493 e. The fourth-order valence-electron chi connectivity index (χ4n) is 3.98. The zero-order chi connectivity index (χ0) is 33.5. The topological polar surface area (TPSA) is 173 Å². The Hall–Kier alpha value is -5.11. The van der Waals surface area contributed by atoms with Crippen LogP contribution in [0.4, 0.5) is 34.9 Å². The van der Waals surface area contributed by atoms with Crippen molar-refractivity contribution in [2.24, 2.45) is 0 Å². The molecule has 0 fully saturated rings. The van der Waals surface area contributed by atoms with Crippen LogP contribution in [-0.4, -0.2) is 61.7 Å². The van der Waals surface area contributed by atoms with E-state index in [2.05, 4.69) is 97.8 Å². The van der Waals surface area contributed by atoms with Gasteiger partial charge in [-0.2, -0.15) is 15.2 Å². The maximum atomic E-state index is 5.70. The maximum absolute atomic E-state index is 5.70. The average molecular weight is 650 g/mol. The van der Waals surface area contributed by atoms with Crippen LogP contribution in [0.15, 0.2) is 48.8 Å². The normalized spacial score (nSPS) is 11.3. The van der Waals surface area contributed by atoms with E-state index < -0.39 is 0 Å². The first kappa shape index (κ1) is 33.8. The van der Waals surface area contributed by atoms with Crippen LogP contribution in [0, 0.1) is 0 Å². The SMILES string of the molecule is CC(C)(C)c1cc(Nc2ccnc(Cl)n2)n[nH]1.COc1cc(Nc2nccc(Nc3cc(C(C)(C)C)[nH]n3)n2)cc(OC)c1OC. The zero-order valence-corrected chi connectivity index (χ0v) is 28.2. The van der Waals surface area contributed by atoms with E-state index in [4.69, 9.17) is 25.8 Å². The highest BCUT2D eigenvalue weighted by atomic mass is 35.5. The second-order valence-electron chi connectivity index (χ2n) is 12.1. The number of H-pyrrole nitrogens is 2. The number of halogens is 1. The molecule has 0 amide bonds. The molecule has 14 nitrogen and oxygen atoms in total. The number of aromatic amines is 2. The molecule has 5 rings (SSSR count). The van der Waals surface area contributed by atoms with Crippen molar-refractivity contribution in [3.05, 3.63) is 65.5 Å². The molecule has 0 aliphatic heterocycles. The van der Waals surface area contributed by atoms with Crippen LogP contribution in [0.2, 0.25) is 5.28 Å². The standard InChI is InChI=1S/C20H26N6O3.C11H14ClN5/c1-20(2,3)15-11-17(26-25-15)23-16-7-8-21-19(24-16)22-12-9-13(27-4)18(29-6)14(10-12)28-5;1-11(2,3)7-6-9(17-16-7)14-8-4-5-13-10(12)15-8/h7-11H,1-6H3,(H3,21,22,23,24,25,26);4-6H,1-3H3,(H2,13,14,15,16,17). The van der Waals surface area contributed by atoms with Crippen LogP contribution in [0.5, 0.6) is 17.2 Å². The number of anilines is 6. The first-order chi connectivity index (χ1) is 21.8. The summed E-state index contributed by atoms with van der Waals surface area (Å²) in [5.41, 5.74) is 2.81. The minimum Gasteiger partial charge on any atom is -0.493 e. The monoisotopic (exact) mass is 649 g/mol. The maximum Gasteiger partial charge on any atom is 0.229 e. The van der Waals surface area contributed by atoms with E-state index in [1.54, 1.807) is 58.0 Å². The molecule has 0 bridgehead atoms. The van der Waals surface area contributed by atoms with Gasteiger partial charge < -0.3 is 30.2 Å². The average Bonchev–Trinajstić information content (AvgIpc) is 3.67. The first-order valence-corrected chi connectivity index (χ1v) is 14.7. The molecule has 5 N–H and O–H groups in total. The summed E-state index contributed by atoms with van der Waals surface area (Å²) in [5.74, 6) is 4.64. The van der Waals surface area contributed by atoms with Crippen molar-refractivity contribution in [3.63, 3.8) is 0 Å². The van der Waals surface area contributed by atoms with E-state index in [1.165, 1.54) is 0 Å². The molecule has 0 aliphatic carbocycles. The minimum atomic E-state index is -0.0161. The Morgan fingerprint density at radius 1 is 0.630 bits per heavy atom. The highest BCUT2D eigenvalue weighted by Gasteiger charge is 2.18. The van der Waals surface area contributed by atoms with Crippen LogP contribution in [0.1, 0.15) is 52.9 Å². The Bertz CT molecular complexity index is 1720. The molecule has 4 aromatic heterocycles. The summed E-state index contributed by atoms with van der Waals surface area (Å²) in [5, 5.41) is 24.1. The van der Waals surface area contributed by atoms with Crippen molar-refractivity contribution in [1.82, 2.24) is 40.3 Å². The first-order valence-electron chi connectivity index (χ1n) is 14.3. The van der Waals surface area contributed by atoms with Crippen LogP contribution in [0.3, 0.4) is 0 Å². The summed E-state index contributed by atoms with van der Waals surface area (Å²) in [7, 11) is 4.70. The van der Waals surface area contributed by atoms with Gasteiger partial charge in [-0.3, -0.25) is 10.2 Å². The number of nitrogens with zero attached hydrogens (tertiary/aromatic N) is 6. The van der Waals surface area contributed by atoms with Crippen molar-refractivity contribution in [3.8, 4) is 17.2 Å². The van der Waals surface area contributed by atoms with E-state index in [-0.39, 0.29) is 16.1 Å². The van der Waals surface area contributed by atoms with Gasteiger partial charge in [0.1, 0.15) is 11.6 Å². The van der Waals surface area contributed by atoms with Gasteiger partial charge in [-0.1, -0.05) is 41.5 Å². The van der Waals surface area contributed by atoms with Crippen molar-refractivity contribution < 1.29 is 14.2 Å².